The van der Waals surface area contributed by atoms with Gasteiger partial charge in [-0.05, 0) is 57.5 Å². The summed E-state index contributed by atoms with van der Waals surface area (Å²) in [6.07, 6.45) is 2.56. The number of hydrogen-bond acceptors (Lipinski definition) is 3. The number of likely N-dealkylation sites (tertiary alicyclic amines) is 1. The van der Waals surface area contributed by atoms with Crippen LogP contribution in [0.3, 0.4) is 0 Å². The molecule has 1 aliphatic rings. The van der Waals surface area contributed by atoms with Gasteiger partial charge in [-0.15, -0.1) is 0 Å². The molecule has 3 aromatic rings. The third-order valence-electron chi connectivity index (χ3n) is 5.54. The number of aromatic nitrogens is 2. The number of para-hydroxylation sites is 1. The molecule has 1 amide bonds. The molecule has 26 heavy (non-hydrogen) atoms. The van der Waals surface area contributed by atoms with Crippen LogP contribution < -0.4 is 5.73 Å². The third kappa shape index (κ3) is 2.78. The molecule has 0 radical (unpaired) electrons. The number of H-pyrrole nitrogens is 1. The fourth-order valence-electron chi connectivity index (χ4n) is 3.86. The minimum atomic E-state index is -0.462. The van der Waals surface area contributed by atoms with E-state index < -0.39 is 5.91 Å². The highest BCUT2D eigenvalue weighted by Crippen LogP contribution is 2.32. The van der Waals surface area contributed by atoms with Gasteiger partial charge >= 0.3 is 0 Å². The maximum atomic E-state index is 11.6. The number of hydrogen-bond donors (Lipinski definition) is 2. The first-order valence-electron chi connectivity index (χ1n) is 9.11. The molecule has 5 nitrogen and oxygen atoms in total. The summed E-state index contributed by atoms with van der Waals surface area (Å²) in [7, 11) is 0. The molecule has 1 aliphatic heterocycles. The Balaban J connectivity index is 1.68. The second-order valence-corrected chi connectivity index (χ2v) is 7.48. The number of primary amides is 1. The molecule has 0 atom stereocenters. The number of amides is 1. The van der Waals surface area contributed by atoms with Crippen LogP contribution in [0.2, 0.25) is 0 Å². The van der Waals surface area contributed by atoms with Crippen LogP contribution in [-0.2, 0) is 5.54 Å². The van der Waals surface area contributed by atoms with Crippen LogP contribution in [0.15, 0.2) is 42.5 Å². The molecule has 0 aliphatic carbocycles. The van der Waals surface area contributed by atoms with Crippen molar-refractivity contribution in [3.8, 4) is 11.4 Å². The molecule has 0 unspecified atom stereocenters. The zero-order valence-electron chi connectivity index (χ0n) is 15.2. The van der Waals surface area contributed by atoms with Crippen molar-refractivity contribution in [2.24, 2.45) is 5.73 Å². The Bertz CT molecular complexity index is 950. The van der Waals surface area contributed by atoms with Crippen molar-refractivity contribution in [1.82, 2.24) is 14.9 Å². The number of nitrogens with one attached hydrogen (secondary N) is 1. The van der Waals surface area contributed by atoms with Crippen LogP contribution in [0.25, 0.3) is 22.4 Å². The average molecular weight is 348 g/mol. The first-order chi connectivity index (χ1) is 12.5. The monoisotopic (exact) mass is 348 g/mol. The van der Waals surface area contributed by atoms with Crippen molar-refractivity contribution in [2.75, 3.05) is 13.1 Å². The van der Waals surface area contributed by atoms with E-state index in [4.69, 9.17) is 5.73 Å². The van der Waals surface area contributed by atoms with Gasteiger partial charge in [0.1, 0.15) is 11.3 Å². The molecule has 0 saturated carbocycles. The highest BCUT2D eigenvalue weighted by molar-refractivity contribution is 6.04. The quantitative estimate of drug-likeness (QED) is 0.755. The van der Waals surface area contributed by atoms with Crippen LogP contribution in [0.4, 0.5) is 0 Å². The van der Waals surface area contributed by atoms with Gasteiger partial charge in [-0.25, -0.2) is 4.98 Å². The Hall–Kier alpha value is -2.66. The van der Waals surface area contributed by atoms with E-state index in [0.717, 1.165) is 30.0 Å². The van der Waals surface area contributed by atoms with Gasteiger partial charge in [0.15, 0.2) is 0 Å². The van der Waals surface area contributed by atoms with E-state index >= 15 is 0 Å². The Morgan fingerprint density at radius 2 is 1.81 bits per heavy atom. The second-order valence-electron chi connectivity index (χ2n) is 7.48. The summed E-state index contributed by atoms with van der Waals surface area (Å²) >= 11 is 0. The van der Waals surface area contributed by atoms with E-state index in [1.54, 1.807) is 6.07 Å². The zero-order valence-corrected chi connectivity index (χ0v) is 15.2. The molecule has 2 heterocycles. The average Bonchev–Trinajstić information content (AvgIpc) is 3.31. The van der Waals surface area contributed by atoms with Gasteiger partial charge in [0.2, 0.25) is 0 Å². The summed E-state index contributed by atoms with van der Waals surface area (Å²) in [5, 5.41) is 0. The molecule has 1 saturated heterocycles. The first kappa shape index (κ1) is 16.8. The van der Waals surface area contributed by atoms with Gasteiger partial charge in [0.25, 0.3) is 5.91 Å². The maximum absolute atomic E-state index is 11.6. The standard InChI is InChI=1S/C21H24N4O/c1-21(2,25-12-3-4-13-25)15-10-8-14(9-11-15)20-23-17-7-5-6-16(19(22)26)18(17)24-20/h5-11H,3-4,12-13H2,1-2H3,(H2,22,26)(H,23,24). The molecule has 1 fully saturated rings. The number of benzene rings is 2. The molecule has 134 valence electrons. The van der Waals surface area contributed by atoms with E-state index in [-0.39, 0.29) is 5.54 Å². The second kappa shape index (κ2) is 6.25. The summed E-state index contributed by atoms with van der Waals surface area (Å²) < 4.78 is 0. The summed E-state index contributed by atoms with van der Waals surface area (Å²) in [6, 6.07) is 14.0. The van der Waals surface area contributed by atoms with Crippen LogP contribution in [0.1, 0.15) is 42.6 Å². The van der Waals surface area contributed by atoms with Gasteiger partial charge in [-0.1, -0.05) is 30.3 Å². The van der Waals surface area contributed by atoms with E-state index in [1.807, 2.05) is 12.1 Å². The predicted octanol–water partition coefficient (Wildman–Crippen LogP) is 3.66. The Morgan fingerprint density at radius 1 is 1.12 bits per heavy atom. The van der Waals surface area contributed by atoms with Crippen LogP contribution >= 0.6 is 0 Å². The van der Waals surface area contributed by atoms with E-state index in [9.17, 15) is 4.79 Å². The van der Waals surface area contributed by atoms with Crippen LogP contribution in [0, 0.1) is 0 Å². The lowest BCUT2D eigenvalue weighted by molar-refractivity contribution is 0.100. The van der Waals surface area contributed by atoms with Crippen molar-refractivity contribution in [2.45, 2.75) is 32.2 Å². The van der Waals surface area contributed by atoms with Crippen LogP contribution in [0.5, 0.6) is 0 Å². The zero-order chi connectivity index (χ0) is 18.3. The molecule has 0 bridgehead atoms. The van der Waals surface area contributed by atoms with Crippen molar-refractivity contribution in [3.05, 3.63) is 53.6 Å². The molecule has 0 spiro atoms. The highest BCUT2D eigenvalue weighted by Gasteiger charge is 2.30. The molecule has 4 rings (SSSR count). The lowest BCUT2D eigenvalue weighted by atomic mass is 9.91. The lowest BCUT2D eigenvalue weighted by Gasteiger charge is -2.36. The largest absolute Gasteiger partial charge is 0.366 e. The number of carbonyl (C=O) groups is 1. The minimum absolute atomic E-state index is 0.0298. The van der Waals surface area contributed by atoms with Crippen LogP contribution in [-0.4, -0.2) is 33.9 Å². The third-order valence-corrected chi connectivity index (χ3v) is 5.54. The van der Waals surface area contributed by atoms with E-state index in [0.29, 0.717) is 11.1 Å². The number of aromatic amines is 1. The fraction of sp³-hybridized carbons (Fsp3) is 0.333. The normalized spacial score (nSPS) is 15.6. The smallest absolute Gasteiger partial charge is 0.250 e. The van der Waals surface area contributed by atoms with Gasteiger partial charge < -0.3 is 10.7 Å². The van der Waals surface area contributed by atoms with E-state index in [1.165, 1.54) is 18.4 Å². The summed E-state index contributed by atoms with van der Waals surface area (Å²) in [5.74, 6) is 0.288. The van der Waals surface area contributed by atoms with Gasteiger partial charge in [-0.2, -0.15) is 0 Å². The highest BCUT2D eigenvalue weighted by atomic mass is 16.1. The first-order valence-corrected chi connectivity index (χ1v) is 9.11. The molecule has 1 aromatic heterocycles. The molecule has 2 aromatic carbocycles. The van der Waals surface area contributed by atoms with Crippen molar-refractivity contribution < 1.29 is 4.79 Å². The Labute approximate surface area is 153 Å². The number of nitrogens with zero attached hydrogens (tertiary/aromatic N) is 2. The van der Waals surface area contributed by atoms with Gasteiger partial charge in [0.05, 0.1) is 11.1 Å². The minimum Gasteiger partial charge on any atom is -0.366 e. The van der Waals surface area contributed by atoms with Gasteiger partial charge in [0, 0.05) is 11.1 Å². The number of carbonyl (C=O) groups excluding carboxylic acids is 1. The number of fused-ring (bicyclic) bond motifs is 1. The fourth-order valence-corrected chi connectivity index (χ4v) is 3.86. The number of rotatable bonds is 4. The molecular formula is C21H24N4O. The maximum Gasteiger partial charge on any atom is 0.250 e. The Morgan fingerprint density at radius 3 is 2.46 bits per heavy atom. The topological polar surface area (TPSA) is 75.0 Å². The number of nitrogens with two attached hydrogens (primary N) is 1. The Kier molecular flexibility index (Phi) is 4.04. The summed E-state index contributed by atoms with van der Waals surface area (Å²) in [5.41, 5.74) is 9.67. The molecular weight excluding hydrogens is 324 g/mol. The van der Waals surface area contributed by atoms with Crippen molar-refractivity contribution in [3.63, 3.8) is 0 Å². The summed E-state index contributed by atoms with van der Waals surface area (Å²) in [4.78, 5) is 22.0. The summed E-state index contributed by atoms with van der Waals surface area (Å²) in [6.45, 7) is 6.89. The predicted molar refractivity (Wildman–Crippen MR) is 104 cm³/mol. The van der Waals surface area contributed by atoms with E-state index in [2.05, 4.69) is 53.0 Å². The molecule has 5 heteroatoms. The van der Waals surface area contributed by atoms with Crippen molar-refractivity contribution in [1.29, 1.82) is 0 Å². The lowest BCUT2D eigenvalue weighted by Crippen LogP contribution is -2.39. The number of imidazole rings is 1. The molecule has 3 N–H and O–H groups in total. The van der Waals surface area contributed by atoms with Crippen molar-refractivity contribution >= 4 is 16.9 Å². The van der Waals surface area contributed by atoms with Gasteiger partial charge in [-0.3, -0.25) is 9.69 Å². The SMILES string of the molecule is CC(C)(c1ccc(-c2nc3c(C(N)=O)cccc3[nH]2)cc1)N1CCCC1.